The van der Waals surface area contributed by atoms with Gasteiger partial charge in [-0.25, -0.2) is 20.6 Å². The minimum absolute atomic E-state index is 0.420. The van der Waals surface area contributed by atoms with Crippen molar-refractivity contribution >= 4 is 17.7 Å². The van der Waals surface area contributed by atoms with Gasteiger partial charge in [-0.15, -0.1) is 0 Å². The van der Waals surface area contributed by atoms with Crippen molar-refractivity contribution < 1.29 is 4.79 Å². The Labute approximate surface area is 92.8 Å². The summed E-state index contributed by atoms with van der Waals surface area (Å²) in [6.07, 6.45) is 0. The number of anilines is 2. The number of nitrogens with one attached hydrogen (secondary N) is 3. The van der Waals surface area contributed by atoms with Crippen molar-refractivity contribution in [1.29, 1.82) is 0 Å². The van der Waals surface area contributed by atoms with Crippen LogP contribution in [0.15, 0.2) is 6.07 Å². The van der Waals surface area contributed by atoms with Crippen molar-refractivity contribution in [2.45, 2.75) is 6.92 Å². The van der Waals surface area contributed by atoms with E-state index in [0.29, 0.717) is 30.5 Å². The molecule has 0 saturated heterocycles. The summed E-state index contributed by atoms with van der Waals surface area (Å²) in [4.78, 5) is 18.6. The van der Waals surface area contributed by atoms with Gasteiger partial charge in [-0.05, 0) is 6.92 Å². The van der Waals surface area contributed by atoms with E-state index in [9.17, 15) is 4.79 Å². The van der Waals surface area contributed by atoms with Gasteiger partial charge in [0.2, 0.25) is 0 Å². The summed E-state index contributed by atoms with van der Waals surface area (Å²) in [5, 5.41) is 5.45. The van der Waals surface area contributed by atoms with Gasteiger partial charge in [0, 0.05) is 19.2 Å². The molecule has 7 N–H and O–H groups in total. The summed E-state index contributed by atoms with van der Waals surface area (Å²) in [6, 6.07) is 1.11. The van der Waals surface area contributed by atoms with Crippen LogP contribution in [0.1, 0.15) is 5.82 Å². The number of nitrogen functional groups attached to an aromatic ring is 1. The van der Waals surface area contributed by atoms with E-state index in [-0.39, 0.29) is 0 Å². The van der Waals surface area contributed by atoms with Crippen LogP contribution in [0, 0.1) is 6.92 Å². The molecule has 0 aliphatic rings. The van der Waals surface area contributed by atoms with Crippen LogP contribution in [-0.4, -0.2) is 29.1 Å². The Hall–Kier alpha value is -2.09. The van der Waals surface area contributed by atoms with Gasteiger partial charge in [0.25, 0.3) is 0 Å². The van der Waals surface area contributed by atoms with Gasteiger partial charge in [-0.3, -0.25) is 0 Å². The normalized spacial score (nSPS) is 9.62. The lowest BCUT2D eigenvalue weighted by molar-refractivity contribution is 0.249. The Kier molecular flexibility index (Phi) is 4.28. The van der Waals surface area contributed by atoms with Crippen molar-refractivity contribution in [1.82, 2.24) is 15.3 Å². The van der Waals surface area contributed by atoms with Crippen molar-refractivity contribution in [3.8, 4) is 0 Å². The first-order valence-corrected chi connectivity index (χ1v) is 4.71. The maximum absolute atomic E-state index is 10.4. The number of carbonyl (C=O) groups excluding carboxylic acids is 1. The summed E-state index contributed by atoms with van der Waals surface area (Å²) in [5.74, 6) is 7.00. The summed E-state index contributed by atoms with van der Waals surface area (Å²) in [7, 11) is 0. The van der Waals surface area contributed by atoms with Crippen LogP contribution >= 0.6 is 0 Å². The number of hydrogen-bond acceptors (Lipinski definition) is 6. The molecule has 0 spiro atoms. The Morgan fingerprint density at radius 1 is 1.38 bits per heavy atom. The Balaban J connectivity index is 2.47. The Bertz CT molecular complexity index is 367. The fourth-order valence-electron chi connectivity index (χ4n) is 1.11. The number of primary amides is 1. The summed E-state index contributed by atoms with van der Waals surface area (Å²) < 4.78 is 0. The number of hydrogen-bond donors (Lipinski definition) is 5. The van der Waals surface area contributed by atoms with Gasteiger partial charge in [-0.2, -0.15) is 0 Å². The van der Waals surface area contributed by atoms with Crippen LogP contribution < -0.4 is 27.6 Å². The van der Waals surface area contributed by atoms with Crippen LogP contribution in [0.4, 0.5) is 16.4 Å². The minimum Gasteiger partial charge on any atom is -0.368 e. The minimum atomic E-state index is -0.551. The molecule has 0 bridgehead atoms. The fraction of sp³-hybridized carbons (Fsp3) is 0.375. The van der Waals surface area contributed by atoms with E-state index in [1.807, 2.05) is 0 Å². The lowest BCUT2D eigenvalue weighted by Gasteiger charge is -2.08. The molecule has 0 fully saturated rings. The SMILES string of the molecule is Cc1nc(NN)cc(NCCNC(N)=O)n1. The second-order valence-electron chi connectivity index (χ2n) is 3.05. The summed E-state index contributed by atoms with van der Waals surface area (Å²) in [6.45, 7) is 2.70. The molecular formula is C8H15N7O. The highest BCUT2D eigenvalue weighted by molar-refractivity contribution is 5.71. The molecule has 0 atom stereocenters. The number of aryl methyl sites for hydroxylation is 1. The number of nitrogens with zero attached hydrogens (tertiary/aromatic N) is 2. The number of carbonyl (C=O) groups is 1. The summed E-state index contributed by atoms with van der Waals surface area (Å²) in [5.41, 5.74) is 7.35. The quantitative estimate of drug-likeness (QED) is 0.252. The zero-order valence-electron chi connectivity index (χ0n) is 8.95. The highest BCUT2D eigenvalue weighted by atomic mass is 16.2. The first-order valence-electron chi connectivity index (χ1n) is 4.71. The molecule has 16 heavy (non-hydrogen) atoms. The van der Waals surface area contributed by atoms with Gasteiger partial charge < -0.3 is 21.8 Å². The molecule has 0 unspecified atom stereocenters. The topological polar surface area (TPSA) is 131 Å². The molecule has 1 aromatic heterocycles. The molecule has 0 aromatic carbocycles. The number of urea groups is 1. The van der Waals surface area contributed by atoms with E-state index in [2.05, 4.69) is 26.0 Å². The predicted molar refractivity (Wildman–Crippen MR) is 60.7 cm³/mol. The van der Waals surface area contributed by atoms with E-state index >= 15 is 0 Å². The number of rotatable bonds is 5. The predicted octanol–water partition coefficient (Wildman–Crippen LogP) is -0.849. The van der Waals surface area contributed by atoms with Gasteiger partial charge in [0.15, 0.2) is 0 Å². The molecular weight excluding hydrogens is 210 g/mol. The van der Waals surface area contributed by atoms with Crippen LogP contribution in [-0.2, 0) is 0 Å². The highest BCUT2D eigenvalue weighted by Gasteiger charge is 1.99. The number of aromatic nitrogens is 2. The molecule has 1 heterocycles. The molecule has 1 rings (SSSR count). The first kappa shape index (κ1) is 12.0. The largest absolute Gasteiger partial charge is 0.368 e. The number of hydrazine groups is 1. The van der Waals surface area contributed by atoms with Crippen molar-refractivity contribution in [3.63, 3.8) is 0 Å². The smallest absolute Gasteiger partial charge is 0.312 e. The zero-order valence-corrected chi connectivity index (χ0v) is 8.95. The summed E-state index contributed by atoms with van der Waals surface area (Å²) >= 11 is 0. The third-order valence-corrected chi connectivity index (χ3v) is 1.72. The standard InChI is InChI=1S/C8H15N7O/c1-5-13-6(4-7(14-5)15-10)11-2-3-12-8(9)16/h4H,2-3,10H2,1H3,(H3,9,12,16)(H2,11,13,14,15). The Morgan fingerprint density at radius 3 is 2.69 bits per heavy atom. The van der Waals surface area contributed by atoms with E-state index in [1.54, 1.807) is 13.0 Å². The monoisotopic (exact) mass is 225 g/mol. The number of nitrogens with two attached hydrogens (primary N) is 2. The molecule has 0 aliphatic heterocycles. The average Bonchev–Trinajstić information content (AvgIpc) is 2.23. The fourth-order valence-corrected chi connectivity index (χ4v) is 1.11. The maximum Gasteiger partial charge on any atom is 0.312 e. The third kappa shape index (κ3) is 3.96. The molecule has 88 valence electrons. The zero-order chi connectivity index (χ0) is 12.0. The van der Waals surface area contributed by atoms with Crippen LogP contribution in [0.25, 0.3) is 0 Å². The molecule has 0 aliphatic carbocycles. The van der Waals surface area contributed by atoms with Gasteiger partial charge in [0.05, 0.1) is 0 Å². The van der Waals surface area contributed by atoms with Crippen molar-refractivity contribution in [2.24, 2.45) is 11.6 Å². The second kappa shape index (κ2) is 5.71. The maximum atomic E-state index is 10.4. The van der Waals surface area contributed by atoms with Gasteiger partial charge >= 0.3 is 6.03 Å². The molecule has 8 nitrogen and oxygen atoms in total. The van der Waals surface area contributed by atoms with Crippen LogP contribution in [0.5, 0.6) is 0 Å². The molecule has 0 saturated carbocycles. The number of amides is 2. The lowest BCUT2D eigenvalue weighted by atomic mass is 10.5. The van der Waals surface area contributed by atoms with E-state index in [0.717, 1.165) is 0 Å². The van der Waals surface area contributed by atoms with Gasteiger partial charge in [0.1, 0.15) is 17.5 Å². The second-order valence-corrected chi connectivity index (χ2v) is 3.05. The highest BCUT2D eigenvalue weighted by Crippen LogP contribution is 2.08. The average molecular weight is 225 g/mol. The van der Waals surface area contributed by atoms with E-state index in [1.165, 1.54) is 0 Å². The molecule has 0 radical (unpaired) electrons. The third-order valence-electron chi connectivity index (χ3n) is 1.72. The lowest BCUT2D eigenvalue weighted by Crippen LogP contribution is -2.33. The van der Waals surface area contributed by atoms with Crippen molar-refractivity contribution in [3.05, 3.63) is 11.9 Å². The van der Waals surface area contributed by atoms with E-state index in [4.69, 9.17) is 11.6 Å². The molecule has 2 amide bonds. The van der Waals surface area contributed by atoms with Gasteiger partial charge in [-0.1, -0.05) is 0 Å². The van der Waals surface area contributed by atoms with Crippen LogP contribution in [0.3, 0.4) is 0 Å². The Morgan fingerprint density at radius 2 is 2.06 bits per heavy atom. The van der Waals surface area contributed by atoms with Crippen LogP contribution in [0.2, 0.25) is 0 Å². The molecule has 1 aromatic rings. The molecule has 8 heteroatoms. The van der Waals surface area contributed by atoms with E-state index < -0.39 is 6.03 Å². The van der Waals surface area contributed by atoms with Crippen molar-refractivity contribution in [2.75, 3.05) is 23.8 Å². The first-order chi connectivity index (χ1) is 7.61.